The molecule has 2 atom stereocenters. The van der Waals surface area contributed by atoms with Crippen LogP contribution in [-0.2, 0) is 6.42 Å². The van der Waals surface area contributed by atoms with Crippen LogP contribution in [-0.4, -0.2) is 28.3 Å². The Hall–Kier alpha value is -0.810. The van der Waals surface area contributed by atoms with E-state index >= 15 is 0 Å². The van der Waals surface area contributed by atoms with Crippen molar-refractivity contribution in [2.24, 2.45) is 5.92 Å². The van der Waals surface area contributed by atoms with Crippen LogP contribution in [0.25, 0.3) is 0 Å². The first-order valence-electron chi connectivity index (χ1n) is 8.19. The molecule has 0 saturated heterocycles. The molecule has 21 heavy (non-hydrogen) atoms. The number of aromatic amines is 1. The molecule has 0 bridgehead atoms. The highest BCUT2D eigenvalue weighted by Crippen LogP contribution is 2.30. The number of hydrogen-bond donors (Lipinski definition) is 2. The van der Waals surface area contributed by atoms with Crippen LogP contribution in [0.15, 0.2) is 16.0 Å². The van der Waals surface area contributed by atoms with Gasteiger partial charge in [0.2, 0.25) is 0 Å². The fourth-order valence-electron chi connectivity index (χ4n) is 3.16. The average Bonchev–Trinajstić information content (AvgIpc) is 2.87. The fraction of sp³-hybridized carbons (Fsp3) is 0.750. The number of thioether (sulfide) groups is 1. The molecular formula is C16H27N3OS. The summed E-state index contributed by atoms with van der Waals surface area (Å²) in [6.07, 6.45) is 7.08. The second-order valence-corrected chi connectivity index (χ2v) is 6.87. The first kappa shape index (κ1) is 16.6. The van der Waals surface area contributed by atoms with Gasteiger partial charge in [-0.2, -0.15) is 0 Å². The van der Waals surface area contributed by atoms with Gasteiger partial charge in [0.15, 0.2) is 5.16 Å². The fourth-order valence-corrected chi connectivity index (χ4v) is 4.12. The Balaban J connectivity index is 1.84. The first-order valence-corrected chi connectivity index (χ1v) is 9.18. The Labute approximate surface area is 131 Å². The van der Waals surface area contributed by atoms with Crippen molar-refractivity contribution in [1.29, 1.82) is 0 Å². The zero-order valence-corrected chi connectivity index (χ0v) is 14.0. The SMILES string of the molecule is CCCc1cc(=O)[nH]c(SCCC2CCCC2NCC)n1. The second kappa shape index (κ2) is 8.59. The van der Waals surface area contributed by atoms with Gasteiger partial charge in [-0.1, -0.05) is 38.5 Å². The van der Waals surface area contributed by atoms with E-state index in [9.17, 15) is 4.79 Å². The van der Waals surface area contributed by atoms with Crippen molar-refractivity contribution in [3.05, 3.63) is 22.1 Å². The van der Waals surface area contributed by atoms with Gasteiger partial charge < -0.3 is 10.3 Å². The highest BCUT2D eigenvalue weighted by molar-refractivity contribution is 7.99. The maximum Gasteiger partial charge on any atom is 0.251 e. The molecule has 1 fully saturated rings. The number of nitrogens with one attached hydrogen (secondary N) is 2. The Morgan fingerprint density at radius 1 is 1.43 bits per heavy atom. The Bertz CT molecular complexity index is 489. The van der Waals surface area contributed by atoms with E-state index in [0.717, 1.165) is 41.9 Å². The summed E-state index contributed by atoms with van der Waals surface area (Å²) in [5.41, 5.74) is 0.887. The van der Waals surface area contributed by atoms with Crippen molar-refractivity contribution in [3.63, 3.8) is 0 Å². The first-order chi connectivity index (χ1) is 10.2. The highest BCUT2D eigenvalue weighted by Gasteiger charge is 2.25. The molecule has 2 rings (SSSR count). The summed E-state index contributed by atoms with van der Waals surface area (Å²) in [7, 11) is 0. The van der Waals surface area contributed by atoms with Crippen LogP contribution >= 0.6 is 11.8 Å². The predicted molar refractivity (Wildman–Crippen MR) is 89.0 cm³/mol. The molecular weight excluding hydrogens is 282 g/mol. The Morgan fingerprint density at radius 3 is 3.05 bits per heavy atom. The maximum atomic E-state index is 11.6. The van der Waals surface area contributed by atoms with Crippen molar-refractivity contribution in [2.75, 3.05) is 12.3 Å². The van der Waals surface area contributed by atoms with Crippen LogP contribution in [0.5, 0.6) is 0 Å². The summed E-state index contributed by atoms with van der Waals surface area (Å²) >= 11 is 1.69. The molecule has 1 aliphatic carbocycles. The number of H-pyrrole nitrogens is 1. The van der Waals surface area contributed by atoms with Gasteiger partial charge in [-0.05, 0) is 38.1 Å². The third-order valence-corrected chi connectivity index (χ3v) is 5.04. The minimum absolute atomic E-state index is 0.0256. The lowest BCUT2D eigenvalue weighted by atomic mass is 10.0. The third kappa shape index (κ3) is 5.15. The summed E-state index contributed by atoms with van der Waals surface area (Å²) in [5.74, 6) is 1.81. The normalized spacial score (nSPS) is 21.8. The molecule has 1 heterocycles. The summed E-state index contributed by atoms with van der Waals surface area (Å²) in [6.45, 7) is 5.34. The van der Waals surface area contributed by atoms with E-state index < -0.39 is 0 Å². The maximum absolute atomic E-state index is 11.6. The molecule has 0 amide bonds. The lowest BCUT2D eigenvalue weighted by molar-refractivity contribution is 0.400. The number of aromatic nitrogens is 2. The number of hydrogen-bond acceptors (Lipinski definition) is 4. The average molecular weight is 309 g/mol. The van der Waals surface area contributed by atoms with Gasteiger partial charge in [0.1, 0.15) is 0 Å². The minimum atomic E-state index is -0.0256. The zero-order valence-electron chi connectivity index (χ0n) is 13.2. The molecule has 2 N–H and O–H groups in total. The van der Waals surface area contributed by atoms with Crippen LogP contribution in [0.3, 0.4) is 0 Å². The van der Waals surface area contributed by atoms with Crippen LogP contribution in [0.1, 0.15) is 51.6 Å². The summed E-state index contributed by atoms with van der Waals surface area (Å²) in [6, 6.07) is 2.31. The van der Waals surface area contributed by atoms with Gasteiger partial charge in [-0.15, -0.1) is 0 Å². The van der Waals surface area contributed by atoms with Gasteiger partial charge in [0.25, 0.3) is 5.56 Å². The van der Waals surface area contributed by atoms with Gasteiger partial charge >= 0.3 is 0 Å². The molecule has 4 nitrogen and oxygen atoms in total. The molecule has 0 aliphatic heterocycles. The van der Waals surface area contributed by atoms with E-state index in [0.29, 0.717) is 6.04 Å². The van der Waals surface area contributed by atoms with Gasteiger partial charge in [0.05, 0.1) is 0 Å². The summed E-state index contributed by atoms with van der Waals surface area (Å²) in [4.78, 5) is 19.0. The smallest absolute Gasteiger partial charge is 0.251 e. The van der Waals surface area contributed by atoms with Gasteiger partial charge in [-0.3, -0.25) is 4.79 Å². The molecule has 118 valence electrons. The molecule has 1 aromatic heterocycles. The molecule has 1 saturated carbocycles. The molecule has 1 aromatic rings. The van der Waals surface area contributed by atoms with E-state index in [-0.39, 0.29) is 5.56 Å². The Morgan fingerprint density at radius 2 is 2.29 bits per heavy atom. The van der Waals surface area contributed by atoms with Crippen LogP contribution < -0.4 is 10.9 Å². The molecule has 0 spiro atoms. The van der Waals surface area contributed by atoms with Crippen LogP contribution in [0.2, 0.25) is 0 Å². The zero-order chi connectivity index (χ0) is 15.1. The van der Waals surface area contributed by atoms with E-state index in [4.69, 9.17) is 0 Å². The molecule has 0 radical (unpaired) electrons. The van der Waals surface area contributed by atoms with Gasteiger partial charge in [0, 0.05) is 23.6 Å². The summed E-state index contributed by atoms with van der Waals surface area (Å²) < 4.78 is 0. The van der Waals surface area contributed by atoms with E-state index in [2.05, 4.69) is 29.1 Å². The van der Waals surface area contributed by atoms with Crippen molar-refractivity contribution >= 4 is 11.8 Å². The quantitative estimate of drug-likeness (QED) is 0.572. The van der Waals surface area contributed by atoms with E-state index in [1.54, 1.807) is 17.8 Å². The number of rotatable bonds is 8. The largest absolute Gasteiger partial charge is 0.314 e. The topological polar surface area (TPSA) is 57.8 Å². The van der Waals surface area contributed by atoms with Crippen molar-refractivity contribution in [2.45, 2.75) is 63.6 Å². The lowest BCUT2D eigenvalue weighted by Gasteiger charge is -2.19. The highest BCUT2D eigenvalue weighted by atomic mass is 32.2. The van der Waals surface area contributed by atoms with E-state index in [1.165, 1.54) is 25.7 Å². The van der Waals surface area contributed by atoms with Crippen LogP contribution in [0, 0.1) is 5.92 Å². The molecule has 1 aliphatic rings. The number of aryl methyl sites for hydroxylation is 1. The molecule has 0 aromatic carbocycles. The van der Waals surface area contributed by atoms with Gasteiger partial charge in [-0.25, -0.2) is 4.98 Å². The predicted octanol–water partition coefficient (Wildman–Crippen LogP) is 2.98. The van der Waals surface area contributed by atoms with Crippen molar-refractivity contribution < 1.29 is 0 Å². The third-order valence-electron chi connectivity index (χ3n) is 4.13. The molecule has 5 heteroatoms. The van der Waals surface area contributed by atoms with Crippen molar-refractivity contribution in [3.8, 4) is 0 Å². The Kier molecular flexibility index (Phi) is 6.77. The standard InChI is InChI=1S/C16H27N3OS/c1-3-6-13-11-15(20)19-16(18-13)21-10-9-12-7-5-8-14(12)17-4-2/h11-12,14,17H,3-10H2,1-2H3,(H,18,19,20). The lowest BCUT2D eigenvalue weighted by Crippen LogP contribution is -2.32. The van der Waals surface area contributed by atoms with Crippen LogP contribution in [0.4, 0.5) is 0 Å². The summed E-state index contributed by atoms with van der Waals surface area (Å²) in [5, 5.41) is 4.38. The second-order valence-electron chi connectivity index (χ2n) is 5.78. The molecule has 2 unspecified atom stereocenters. The minimum Gasteiger partial charge on any atom is -0.314 e. The van der Waals surface area contributed by atoms with Crippen molar-refractivity contribution in [1.82, 2.24) is 15.3 Å². The monoisotopic (exact) mass is 309 g/mol. The van der Waals surface area contributed by atoms with E-state index in [1.807, 2.05) is 0 Å². The number of nitrogens with zero attached hydrogens (tertiary/aromatic N) is 1.